The average Bonchev–Trinajstić information content (AvgIpc) is 2.63. The van der Waals surface area contributed by atoms with Crippen LogP contribution in [0.4, 0.5) is 0 Å². The Hall–Kier alpha value is -1.30. The van der Waals surface area contributed by atoms with Crippen molar-refractivity contribution in [1.29, 1.82) is 0 Å². The Kier molecular flexibility index (Phi) is 11.3. The third-order valence-electron chi connectivity index (χ3n) is 5.13. The van der Waals surface area contributed by atoms with Crippen molar-refractivity contribution in [3.05, 3.63) is 0 Å². The van der Waals surface area contributed by atoms with Gasteiger partial charge < -0.3 is 16.0 Å². The third kappa shape index (κ3) is 8.88. The van der Waals surface area contributed by atoms with Gasteiger partial charge in [0, 0.05) is 51.2 Å². The first-order valence-corrected chi connectivity index (χ1v) is 10.4. The van der Waals surface area contributed by atoms with Crippen molar-refractivity contribution in [3.63, 3.8) is 0 Å². The van der Waals surface area contributed by atoms with Gasteiger partial charge in [-0.15, -0.1) is 0 Å². The fourth-order valence-corrected chi connectivity index (χ4v) is 3.68. The van der Waals surface area contributed by atoms with Crippen molar-refractivity contribution < 1.29 is 4.79 Å². The van der Waals surface area contributed by atoms with Crippen LogP contribution in [0.5, 0.6) is 0 Å². The molecule has 0 aromatic rings. The van der Waals surface area contributed by atoms with Gasteiger partial charge in [0.05, 0.1) is 0 Å². The molecule has 6 heteroatoms. The van der Waals surface area contributed by atoms with Crippen LogP contribution in [-0.4, -0.2) is 62.1 Å². The van der Waals surface area contributed by atoms with Gasteiger partial charge >= 0.3 is 0 Å². The lowest BCUT2D eigenvalue weighted by atomic mass is 9.89. The quantitative estimate of drug-likeness (QED) is 0.315. The van der Waals surface area contributed by atoms with Gasteiger partial charge in [-0.2, -0.15) is 0 Å². The Balaban J connectivity index is 2.14. The van der Waals surface area contributed by atoms with E-state index in [1.807, 2.05) is 0 Å². The monoisotopic (exact) mass is 367 g/mol. The smallest absolute Gasteiger partial charge is 0.223 e. The summed E-state index contributed by atoms with van der Waals surface area (Å²) >= 11 is 0. The van der Waals surface area contributed by atoms with E-state index in [0.717, 1.165) is 38.3 Å². The minimum absolute atomic E-state index is 0.219. The first-order chi connectivity index (χ1) is 12.5. The zero-order valence-electron chi connectivity index (χ0n) is 17.6. The highest BCUT2D eigenvalue weighted by Crippen LogP contribution is 2.23. The predicted molar refractivity (Wildman–Crippen MR) is 111 cm³/mol. The summed E-state index contributed by atoms with van der Waals surface area (Å²) in [7, 11) is 1.78. The molecule has 0 bridgehead atoms. The summed E-state index contributed by atoms with van der Waals surface area (Å²) in [6, 6.07) is 1.14. The van der Waals surface area contributed by atoms with Crippen LogP contribution in [0.25, 0.3) is 0 Å². The van der Waals surface area contributed by atoms with Gasteiger partial charge in [0.15, 0.2) is 5.96 Å². The Bertz CT molecular complexity index is 408. The molecule has 0 atom stereocenters. The number of nitrogens with zero attached hydrogens (tertiary/aromatic N) is 2. The van der Waals surface area contributed by atoms with Crippen LogP contribution in [0.15, 0.2) is 4.99 Å². The highest BCUT2D eigenvalue weighted by atomic mass is 16.1. The van der Waals surface area contributed by atoms with Gasteiger partial charge in [-0.05, 0) is 47.0 Å². The SMILES string of the molecule is CN=C(NCCCN(C(C)C)C(C)C)NCCNC(=O)C1CCCCC1. The lowest BCUT2D eigenvalue weighted by molar-refractivity contribution is -0.125. The van der Waals surface area contributed by atoms with Crippen LogP contribution in [0.2, 0.25) is 0 Å². The van der Waals surface area contributed by atoms with Crippen molar-refractivity contribution in [2.24, 2.45) is 10.9 Å². The molecular formula is C20H41N5O. The third-order valence-corrected chi connectivity index (χ3v) is 5.13. The van der Waals surface area contributed by atoms with Crippen molar-refractivity contribution >= 4 is 11.9 Å². The molecule has 3 N–H and O–H groups in total. The maximum Gasteiger partial charge on any atom is 0.223 e. The molecule has 0 spiro atoms. The maximum atomic E-state index is 12.1. The zero-order valence-corrected chi connectivity index (χ0v) is 17.6. The van der Waals surface area contributed by atoms with E-state index in [-0.39, 0.29) is 11.8 Å². The zero-order chi connectivity index (χ0) is 19.4. The van der Waals surface area contributed by atoms with E-state index in [2.05, 4.69) is 53.5 Å². The summed E-state index contributed by atoms with van der Waals surface area (Å²) < 4.78 is 0. The predicted octanol–water partition coefficient (Wildman–Crippen LogP) is 2.36. The molecule has 0 heterocycles. The standard InChI is InChI=1S/C20H41N5O/c1-16(2)25(17(3)4)15-9-12-23-20(21-5)24-14-13-22-19(26)18-10-7-6-8-11-18/h16-18H,6-15H2,1-5H3,(H,22,26)(H2,21,23,24). The van der Waals surface area contributed by atoms with Crippen molar-refractivity contribution in [3.8, 4) is 0 Å². The highest BCUT2D eigenvalue weighted by Gasteiger charge is 2.20. The molecule has 0 aliphatic heterocycles. The average molecular weight is 368 g/mol. The fourth-order valence-electron chi connectivity index (χ4n) is 3.68. The van der Waals surface area contributed by atoms with Crippen molar-refractivity contribution in [1.82, 2.24) is 20.9 Å². The van der Waals surface area contributed by atoms with E-state index in [0.29, 0.717) is 25.2 Å². The summed E-state index contributed by atoms with van der Waals surface area (Å²) in [4.78, 5) is 18.9. The number of rotatable bonds is 10. The number of hydrogen-bond donors (Lipinski definition) is 3. The van der Waals surface area contributed by atoms with Crippen LogP contribution < -0.4 is 16.0 Å². The second kappa shape index (κ2) is 13.0. The minimum atomic E-state index is 0.219. The van der Waals surface area contributed by atoms with E-state index in [1.54, 1.807) is 7.05 Å². The molecule has 26 heavy (non-hydrogen) atoms. The largest absolute Gasteiger partial charge is 0.356 e. The van der Waals surface area contributed by atoms with E-state index in [9.17, 15) is 4.79 Å². The molecule has 0 aromatic heterocycles. The number of nitrogens with one attached hydrogen (secondary N) is 3. The molecular weight excluding hydrogens is 326 g/mol. The fraction of sp³-hybridized carbons (Fsp3) is 0.900. The molecule has 6 nitrogen and oxygen atoms in total. The van der Waals surface area contributed by atoms with Gasteiger partial charge in [-0.25, -0.2) is 0 Å². The number of amides is 1. The molecule has 0 radical (unpaired) electrons. The Morgan fingerprint density at radius 3 is 2.12 bits per heavy atom. The highest BCUT2D eigenvalue weighted by molar-refractivity contribution is 5.80. The van der Waals surface area contributed by atoms with E-state index < -0.39 is 0 Å². The summed E-state index contributed by atoms with van der Waals surface area (Å²) in [5.74, 6) is 1.25. The molecule has 1 amide bonds. The summed E-state index contributed by atoms with van der Waals surface area (Å²) in [6.07, 6.45) is 6.84. The van der Waals surface area contributed by atoms with Gasteiger partial charge in [-0.3, -0.25) is 14.7 Å². The Labute approximate surface area is 160 Å². The molecule has 0 aromatic carbocycles. The first-order valence-electron chi connectivity index (χ1n) is 10.4. The van der Waals surface area contributed by atoms with Gasteiger partial charge in [0.2, 0.25) is 5.91 Å². The second-order valence-corrected chi connectivity index (χ2v) is 7.83. The van der Waals surface area contributed by atoms with E-state index in [4.69, 9.17) is 0 Å². The molecule has 152 valence electrons. The lowest BCUT2D eigenvalue weighted by Crippen LogP contribution is -2.44. The second-order valence-electron chi connectivity index (χ2n) is 7.83. The molecule has 1 aliphatic rings. The molecule has 1 saturated carbocycles. The first kappa shape index (κ1) is 22.7. The molecule has 1 fully saturated rings. The van der Waals surface area contributed by atoms with Crippen LogP contribution in [0.1, 0.15) is 66.2 Å². The topological polar surface area (TPSA) is 68.8 Å². The number of guanidine groups is 1. The van der Waals surface area contributed by atoms with Crippen molar-refractivity contribution in [2.45, 2.75) is 78.3 Å². The lowest BCUT2D eigenvalue weighted by Gasteiger charge is -2.30. The van der Waals surface area contributed by atoms with Gasteiger partial charge in [0.1, 0.15) is 0 Å². The molecule has 0 saturated heterocycles. The number of aliphatic imine (C=N–C) groups is 1. The minimum Gasteiger partial charge on any atom is -0.356 e. The summed E-state index contributed by atoms with van der Waals surface area (Å²) in [5.41, 5.74) is 0. The Morgan fingerprint density at radius 1 is 0.962 bits per heavy atom. The number of carbonyl (C=O) groups is 1. The normalized spacial score (nSPS) is 16.4. The molecule has 1 rings (SSSR count). The van der Waals surface area contributed by atoms with Gasteiger partial charge in [-0.1, -0.05) is 19.3 Å². The van der Waals surface area contributed by atoms with Crippen LogP contribution >= 0.6 is 0 Å². The summed E-state index contributed by atoms with van der Waals surface area (Å²) in [5, 5.41) is 9.67. The van der Waals surface area contributed by atoms with E-state index >= 15 is 0 Å². The van der Waals surface area contributed by atoms with Crippen molar-refractivity contribution in [2.75, 3.05) is 33.2 Å². The van der Waals surface area contributed by atoms with Gasteiger partial charge in [0.25, 0.3) is 0 Å². The molecule has 0 unspecified atom stereocenters. The summed E-state index contributed by atoms with van der Waals surface area (Å²) in [6.45, 7) is 12.3. The Morgan fingerprint density at radius 2 is 1.54 bits per heavy atom. The van der Waals surface area contributed by atoms with Crippen LogP contribution in [-0.2, 0) is 4.79 Å². The van der Waals surface area contributed by atoms with Crippen LogP contribution in [0.3, 0.4) is 0 Å². The number of carbonyl (C=O) groups excluding carboxylic acids is 1. The molecule has 1 aliphatic carbocycles. The van der Waals surface area contributed by atoms with Crippen LogP contribution in [0, 0.1) is 5.92 Å². The number of hydrogen-bond acceptors (Lipinski definition) is 3. The van der Waals surface area contributed by atoms with E-state index in [1.165, 1.54) is 19.3 Å². The maximum absolute atomic E-state index is 12.1.